The van der Waals surface area contributed by atoms with Crippen molar-refractivity contribution in [1.82, 2.24) is 4.98 Å². The number of hydrogen-bond donors (Lipinski definition) is 0. The molecular formula is C18H19NO3. The van der Waals surface area contributed by atoms with Gasteiger partial charge in [0.2, 0.25) is 0 Å². The monoisotopic (exact) mass is 297 g/mol. The fourth-order valence-electron chi connectivity index (χ4n) is 2.85. The van der Waals surface area contributed by atoms with Gasteiger partial charge in [0, 0.05) is 11.8 Å². The van der Waals surface area contributed by atoms with Crippen LogP contribution in [0.5, 0.6) is 0 Å². The number of fused-ring (bicyclic) bond motifs is 1. The molecule has 22 heavy (non-hydrogen) atoms. The molecule has 0 saturated heterocycles. The van der Waals surface area contributed by atoms with Gasteiger partial charge in [0.1, 0.15) is 0 Å². The lowest BCUT2D eigenvalue weighted by molar-refractivity contribution is 0.0303. The summed E-state index contributed by atoms with van der Waals surface area (Å²) in [5.74, 6) is -0.333. The molecule has 2 atom stereocenters. The van der Waals surface area contributed by atoms with E-state index in [9.17, 15) is 4.79 Å². The molecule has 1 aromatic carbocycles. The molecule has 0 aliphatic carbocycles. The number of benzene rings is 1. The van der Waals surface area contributed by atoms with Gasteiger partial charge >= 0.3 is 5.97 Å². The first-order valence-corrected chi connectivity index (χ1v) is 7.42. The first kappa shape index (κ1) is 14.7. The molecule has 0 spiro atoms. The molecule has 3 rings (SSSR count). The Balaban J connectivity index is 1.98. The van der Waals surface area contributed by atoms with Gasteiger partial charge in [-0.15, -0.1) is 0 Å². The molecule has 2 aromatic rings. The molecule has 2 heterocycles. The second-order valence-electron chi connectivity index (χ2n) is 5.64. The van der Waals surface area contributed by atoms with Crippen LogP contribution in [0.1, 0.15) is 36.3 Å². The normalized spacial score (nSPS) is 21.5. The number of ether oxygens (including phenoxy) is 2. The van der Waals surface area contributed by atoms with E-state index in [0.717, 1.165) is 23.0 Å². The SMILES string of the molecule is COC(=O)c1ccc2nc(C3=CC(C)OC(C)C3)ccc2c1. The number of pyridine rings is 1. The van der Waals surface area contributed by atoms with Gasteiger partial charge in [-0.3, -0.25) is 0 Å². The first-order valence-electron chi connectivity index (χ1n) is 7.42. The van der Waals surface area contributed by atoms with Crippen LogP contribution in [0.3, 0.4) is 0 Å². The highest BCUT2D eigenvalue weighted by Crippen LogP contribution is 2.27. The van der Waals surface area contributed by atoms with Crippen LogP contribution < -0.4 is 0 Å². The number of methoxy groups -OCH3 is 1. The van der Waals surface area contributed by atoms with Crippen molar-refractivity contribution in [3.05, 3.63) is 47.7 Å². The van der Waals surface area contributed by atoms with E-state index in [1.807, 2.05) is 31.2 Å². The van der Waals surface area contributed by atoms with E-state index in [2.05, 4.69) is 13.0 Å². The van der Waals surface area contributed by atoms with Gasteiger partial charge in [-0.25, -0.2) is 9.78 Å². The molecule has 1 aliphatic heterocycles. The third-order valence-electron chi connectivity index (χ3n) is 3.83. The van der Waals surface area contributed by atoms with Gasteiger partial charge in [-0.2, -0.15) is 0 Å². The third-order valence-corrected chi connectivity index (χ3v) is 3.83. The number of carbonyl (C=O) groups is 1. The molecule has 0 N–H and O–H groups in total. The van der Waals surface area contributed by atoms with E-state index in [4.69, 9.17) is 14.5 Å². The summed E-state index contributed by atoms with van der Waals surface area (Å²) in [5, 5.41) is 0.931. The summed E-state index contributed by atoms with van der Waals surface area (Å²) < 4.78 is 10.5. The zero-order chi connectivity index (χ0) is 15.7. The predicted octanol–water partition coefficient (Wildman–Crippen LogP) is 3.60. The van der Waals surface area contributed by atoms with Gasteiger partial charge < -0.3 is 9.47 Å². The highest BCUT2D eigenvalue weighted by atomic mass is 16.5. The molecule has 114 valence electrons. The Morgan fingerprint density at radius 1 is 1.27 bits per heavy atom. The Bertz CT molecular complexity index is 751. The predicted molar refractivity (Wildman–Crippen MR) is 85.7 cm³/mol. The minimum absolute atomic E-state index is 0.109. The van der Waals surface area contributed by atoms with Crippen LogP contribution in [0.25, 0.3) is 16.5 Å². The zero-order valence-electron chi connectivity index (χ0n) is 13.0. The molecule has 1 aliphatic rings. The van der Waals surface area contributed by atoms with Crippen LogP contribution in [0.2, 0.25) is 0 Å². The van der Waals surface area contributed by atoms with E-state index in [-0.39, 0.29) is 18.2 Å². The average Bonchev–Trinajstić information content (AvgIpc) is 2.52. The quantitative estimate of drug-likeness (QED) is 0.795. The van der Waals surface area contributed by atoms with E-state index in [1.165, 1.54) is 12.7 Å². The van der Waals surface area contributed by atoms with Crippen molar-refractivity contribution < 1.29 is 14.3 Å². The highest BCUT2D eigenvalue weighted by molar-refractivity contribution is 5.94. The second-order valence-corrected chi connectivity index (χ2v) is 5.64. The summed E-state index contributed by atoms with van der Waals surface area (Å²) >= 11 is 0. The minimum Gasteiger partial charge on any atom is -0.465 e. The van der Waals surface area contributed by atoms with E-state index < -0.39 is 0 Å². The van der Waals surface area contributed by atoms with Crippen molar-refractivity contribution in [2.75, 3.05) is 7.11 Å². The summed E-state index contributed by atoms with van der Waals surface area (Å²) in [4.78, 5) is 16.3. The van der Waals surface area contributed by atoms with Gasteiger partial charge in [-0.1, -0.05) is 12.1 Å². The van der Waals surface area contributed by atoms with Crippen LogP contribution in [0.4, 0.5) is 0 Å². The van der Waals surface area contributed by atoms with Crippen LogP contribution >= 0.6 is 0 Å². The topological polar surface area (TPSA) is 48.4 Å². The Morgan fingerprint density at radius 3 is 2.82 bits per heavy atom. The summed E-state index contributed by atoms with van der Waals surface area (Å²) in [6.07, 6.45) is 3.30. The Kier molecular flexibility index (Phi) is 3.94. The molecule has 0 amide bonds. The number of rotatable bonds is 2. The van der Waals surface area contributed by atoms with Gasteiger partial charge in [-0.05, 0) is 43.7 Å². The lowest BCUT2D eigenvalue weighted by Crippen LogP contribution is -2.21. The number of carbonyl (C=O) groups excluding carboxylic acids is 1. The van der Waals surface area contributed by atoms with Gasteiger partial charge in [0.15, 0.2) is 0 Å². The van der Waals surface area contributed by atoms with Crippen LogP contribution in [-0.4, -0.2) is 30.3 Å². The summed E-state index contributed by atoms with van der Waals surface area (Å²) in [6, 6.07) is 9.41. The smallest absolute Gasteiger partial charge is 0.337 e. The summed E-state index contributed by atoms with van der Waals surface area (Å²) in [7, 11) is 1.38. The molecule has 2 unspecified atom stereocenters. The van der Waals surface area contributed by atoms with Crippen molar-refractivity contribution >= 4 is 22.4 Å². The third kappa shape index (κ3) is 2.88. The Hall–Kier alpha value is -2.20. The maximum atomic E-state index is 11.6. The maximum absolute atomic E-state index is 11.6. The van der Waals surface area contributed by atoms with E-state index >= 15 is 0 Å². The summed E-state index contributed by atoms with van der Waals surface area (Å²) in [6.45, 7) is 4.12. The van der Waals surface area contributed by atoms with Crippen molar-refractivity contribution in [3.63, 3.8) is 0 Å². The van der Waals surface area contributed by atoms with Crippen LogP contribution in [-0.2, 0) is 9.47 Å². The Labute approximate surface area is 129 Å². The highest BCUT2D eigenvalue weighted by Gasteiger charge is 2.18. The molecule has 1 aromatic heterocycles. The van der Waals surface area contributed by atoms with Crippen molar-refractivity contribution in [1.29, 1.82) is 0 Å². The van der Waals surface area contributed by atoms with Crippen molar-refractivity contribution in [2.45, 2.75) is 32.5 Å². The lowest BCUT2D eigenvalue weighted by Gasteiger charge is -2.24. The fourth-order valence-corrected chi connectivity index (χ4v) is 2.85. The zero-order valence-corrected chi connectivity index (χ0v) is 13.0. The van der Waals surface area contributed by atoms with Crippen LogP contribution in [0, 0.1) is 0 Å². The molecule has 4 heteroatoms. The lowest BCUT2D eigenvalue weighted by atomic mass is 9.99. The second kappa shape index (κ2) is 5.89. The largest absolute Gasteiger partial charge is 0.465 e. The molecule has 0 fully saturated rings. The number of aromatic nitrogens is 1. The summed E-state index contributed by atoms with van der Waals surface area (Å²) in [5.41, 5.74) is 3.60. The van der Waals surface area contributed by atoms with Crippen LogP contribution in [0.15, 0.2) is 36.4 Å². The van der Waals surface area contributed by atoms with Crippen molar-refractivity contribution in [3.8, 4) is 0 Å². The van der Waals surface area contributed by atoms with Gasteiger partial charge in [0.05, 0.1) is 36.1 Å². The number of esters is 1. The Morgan fingerprint density at radius 2 is 2.09 bits per heavy atom. The minimum atomic E-state index is -0.333. The average molecular weight is 297 g/mol. The standard InChI is InChI=1S/C18H19NO3/c1-11-8-15(9-12(2)22-11)17-6-4-13-10-14(18(20)21-3)5-7-16(13)19-17/h4-8,10-12H,9H2,1-3H3. The van der Waals surface area contributed by atoms with Crippen molar-refractivity contribution in [2.24, 2.45) is 0 Å². The number of hydrogen-bond acceptors (Lipinski definition) is 4. The molecule has 0 saturated carbocycles. The maximum Gasteiger partial charge on any atom is 0.337 e. The first-order chi connectivity index (χ1) is 10.6. The molecule has 0 bridgehead atoms. The molecule has 4 nitrogen and oxygen atoms in total. The molecular weight excluding hydrogens is 278 g/mol. The fraction of sp³-hybridized carbons (Fsp3) is 0.333. The van der Waals surface area contributed by atoms with E-state index in [0.29, 0.717) is 5.56 Å². The van der Waals surface area contributed by atoms with E-state index in [1.54, 1.807) is 6.07 Å². The van der Waals surface area contributed by atoms with Gasteiger partial charge in [0.25, 0.3) is 0 Å². The molecule has 0 radical (unpaired) electrons. The number of nitrogens with zero attached hydrogens (tertiary/aromatic N) is 1.